The zero-order valence-electron chi connectivity index (χ0n) is 10.5. The van der Waals surface area contributed by atoms with Crippen molar-refractivity contribution in [1.29, 1.82) is 0 Å². The molecule has 0 bridgehead atoms. The fourth-order valence-electron chi connectivity index (χ4n) is 1.63. The van der Waals surface area contributed by atoms with Gasteiger partial charge >= 0.3 is 6.09 Å². The largest absolute Gasteiger partial charge is 0.496 e. The van der Waals surface area contributed by atoms with Crippen LogP contribution in [0.2, 0.25) is 0 Å². The zero-order valence-corrected chi connectivity index (χ0v) is 10.5. The maximum atomic E-state index is 10.3. The molecular formula is C13H19NO3. The molecule has 0 aliphatic carbocycles. The smallest absolute Gasteiger partial charge is 0.404 e. The summed E-state index contributed by atoms with van der Waals surface area (Å²) in [7, 11) is 1.63. The Morgan fingerprint density at radius 3 is 2.71 bits per heavy atom. The van der Waals surface area contributed by atoms with Gasteiger partial charge in [0.2, 0.25) is 0 Å². The molecule has 0 aliphatic heterocycles. The summed E-state index contributed by atoms with van der Waals surface area (Å²) in [4.78, 5) is 10.3. The van der Waals surface area contributed by atoms with Crippen LogP contribution in [0.4, 0.5) is 4.79 Å². The van der Waals surface area contributed by atoms with Crippen molar-refractivity contribution in [1.82, 2.24) is 5.32 Å². The third kappa shape index (κ3) is 3.98. The summed E-state index contributed by atoms with van der Waals surface area (Å²) >= 11 is 0. The molecule has 0 heterocycles. The second-order valence-corrected chi connectivity index (χ2v) is 4.21. The number of rotatable bonds is 5. The third-order valence-corrected chi connectivity index (χ3v) is 2.65. The molecule has 1 amide bonds. The molecule has 1 aromatic rings. The minimum atomic E-state index is -0.997. The van der Waals surface area contributed by atoms with E-state index in [1.807, 2.05) is 12.1 Å². The molecule has 94 valence electrons. The van der Waals surface area contributed by atoms with E-state index in [1.165, 1.54) is 5.56 Å². The first-order chi connectivity index (χ1) is 8.04. The molecule has 0 saturated carbocycles. The number of ether oxygens (including phenoxy) is 1. The first-order valence-electron chi connectivity index (χ1n) is 5.68. The Balaban J connectivity index is 2.74. The van der Waals surface area contributed by atoms with Gasteiger partial charge in [0, 0.05) is 6.54 Å². The Bertz CT molecular complexity index is 388. The minimum Gasteiger partial charge on any atom is -0.496 e. The van der Waals surface area contributed by atoms with Gasteiger partial charge in [0.15, 0.2) is 0 Å². The summed E-state index contributed by atoms with van der Waals surface area (Å²) in [6, 6.07) is 6.07. The molecule has 0 saturated heterocycles. The van der Waals surface area contributed by atoms with Crippen LogP contribution in [-0.2, 0) is 6.42 Å². The number of carboxylic acid groups (broad SMARTS) is 1. The van der Waals surface area contributed by atoms with E-state index in [-0.39, 0.29) is 0 Å². The fourth-order valence-corrected chi connectivity index (χ4v) is 1.63. The van der Waals surface area contributed by atoms with E-state index in [0.29, 0.717) is 18.9 Å². The van der Waals surface area contributed by atoms with Crippen molar-refractivity contribution in [3.63, 3.8) is 0 Å². The quantitative estimate of drug-likeness (QED) is 0.827. The summed E-state index contributed by atoms with van der Waals surface area (Å²) in [6.45, 7) is 4.65. The van der Waals surface area contributed by atoms with Gasteiger partial charge in [-0.25, -0.2) is 4.79 Å². The lowest BCUT2D eigenvalue weighted by Crippen LogP contribution is -2.23. The number of hydrogen-bond acceptors (Lipinski definition) is 2. The predicted octanol–water partition coefficient (Wildman–Crippen LogP) is 2.63. The van der Waals surface area contributed by atoms with E-state index < -0.39 is 6.09 Å². The third-order valence-electron chi connectivity index (χ3n) is 2.65. The highest BCUT2D eigenvalue weighted by molar-refractivity contribution is 5.64. The number of nitrogens with one attached hydrogen (secondary N) is 1. The van der Waals surface area contributed by atoms with Gasteiger partial charge in [-0.1, -0.05) is 26.0 Å². The molecule has 0 aliphatic rings. The highest BCUT2D eigenvalue weighted by Gasteiger charge is 2.07. The van der Waals surface area contributed by atoms with E-state index in [0.717, 1.165) is 11.3 Å². The molecule has 4 nitrogen and oxygen atoms in total. The summed E-state index contributed by atoms with van der Waals surface area (Å²) in [5, 5.41) is 10.8. The molecule has 2 N–H and O–H groups in total. The van der Waals surface area contributed by atoms with Gasteiger partial charge in [0.25, 0.3) is 0 Å². The van der Waals surface area contributed by atoms with Gasteiger partial charge in [0.1, 0.15) is 5.75 Å². The molecule has 17 heavy (non-hydrogen) atoms. The van der Waals surface area contributed by atoms with Crippen molar-refractivity contribution in [3.05, 3.63) is 29.3 Å². The molecular weight excluding hydrogens is 218 g/mol. The van der Waals surface area contributed by atoms with Crippen molar-refractivity contribution in [2.75, 3.05) is 13.7 Å². The number of amides is 1. The van der Waals surface area contributed by atoms with Crippen molar-refractivity contribution in [3.8, 4) is 5.75 Å². The van der Waals surface area contributed by atoms with Crippen LogP contribution in [0.1, 0.15) is 30.9 Å². The van der Waals surface area contributed by atoms with Crippen molar-refractivity contribution in [2.24, 2.45) is 0 Å². The Labute approximate surface area is 102 Å². The standard InChI is InChI=1S/C13H19NO3/c1-9(2)11-5-4-10(12(8-11)17-3)6-7-14-13(15)16/h4-5,8-9,14H,6-7H2,1-3H3,(H,15,16). The summed E-state index contributed by atoms with van der Waals surface area (Å²) in [5.74, 6) is 1.28. The molecule has 0 atom stereocenters. The minimum absolute atomic E-state index is 0.396. The maximum Gasteiger partial charge on any atom is 0.404 e. The van der Waals surface area contributed by atoms with Crippen LogP contribution < -0.4 is 10.1 Å². The molecule has 1 rings (SSSR count). The van der Waals surface area contributed by atoms with Gasteiger partial charge in [-0.05, 0) is 29.5 Å². The zero-order chi connectivity index (χ0) is 12.8. The molecule has 0 radical (unpaired) electrons. The van der Waals surface area contributed by atoms with Gasteiger partial charge in [-0.3, -0.25) is 0 Å². The lowest BCUT2D eigenvalue weighted by atomic mass is 10.00. The normalized spacial score (nSPS) is 10.4. The number of benzene rings is 1. The number of hydrogen-bond donors (Lipinski definition) is 2. The number of carbonyl (C=O) groups is 1. The average molecular weight is 237 g/mol. The molecule has 0 aromatic heterocycles. The van der Waals surface area contributed by atoms with E-state index in [2.05, 4.69) is 25.2 Å². The maximum absolute atomic E-state index is 10.3. The van der Waals surface area contributed by atoms with E-state index >= 15 is 0 Å². The summed E-state index contributed by atoms with van der Waals surface area (Å²) in [6.07, 6.45) is -0.365. The van der Waals surface area contributed by atoms with E-state index in [9.17, 15) is 4.79 Å². The van der Waals surface area contributed by atoms with Gasteiger partial charge in [-0.15, -0.1) is 0 Å². The second-order valence-electron chi connectivity index (χ2n) is 4.21. The fraction of sp³-hybridized carbons (Fsp3) is 0.462. The first kappa shape index (κ1) is 13.4. The predicted molar refractivity (Wildman–Crippen MR) is 66.8 cm³/mol. The topological polar surface area (TPSA) is 58.6 Å². The Morgan fingerprint density at radius 2 is 2.18 bits per heavy atom. The highest BCUT2D eigenvalue weighted by atomic mass is 16.5. The number of methoxy groups -OCH3 is 1. The first-order valence-corrected chi connectivity index (χ1v) is 5.68. The molecule has 1 aromatic carbocycles. The average Bonchev–Trinajstić information content (AvgIpc) is 2.28. The van der Waals surface area contributed by atoms with E-state index in [1.54, 1.807) is 7.11 Å². The summed E-state index contributed by atoms with van der Waals surface area (Å²) < 4.78 is 5.32. The van der Waals surface area contributed by atoms with Crippen LogP contribution in [0.15, 0.2) is 18.2 Å². The van der Waals surface area contributed by atoms with E-state index in [4.69, 9.17) is 9.84 Å². The van der Waals surface area contributed by atoms with Crippen LogP contribution in [0.3, 0.4) is 0 Å². The van der Waals surface area contributed by atoms with Crippen LogP contribution >= 0.6 is 0 Å². The SMILES string of the molecule is COc1cc(C(C)C)ccc1CCNC(=O)O. The van der Waals surface area contributed by atoms with Crippen LogP contribution in [0.25, 0.3) is 0 Å². The lowest BCUT2D eigenvalue weighted by molar-refractivity contribution is 0.194. The Morgan fingerprint density at radius 1 is 1.47 bits per heavy atom. The summed E-state index contributed by atoms with van der Waals surface area (Å²) in [5.41, 5.74) is 2.24. The lowest BCUT2D eigenvalue weighted by Gasteiger charge is -2.12. The van der Waals surface area contributed by atoms with Crippen LogP contribution in [-0.4, -0.2) is 24.9 Å². The second kappa shape index (κ2) is 6.13. The van der Waals surface area contributed by atoms with Gasteiger partial charge in [0.05, 0.1) is 7.11 Å². The molecule has 0 fully saturated rings. The molecule has 4 heteroatoms. The van der Waals surface area contributed by atoms with Gasteiger partial charge in [-0.2, -0.15) is 0 Å². The van der Waals surface area contributed by atoms with Crippen molar-refractivity contribution in [2.45, 2.75) is 26.2 Å². The van der Waals surface area contributed by atoms with Crippen molar-refractivity contribution >= 4 is 6.09 Å². The molecule has 0 spiro atoms. The Kier molecular flexibility index (Phi) is 4.82. The van der Waals surface area contributed by atoms with Crippen LogP contribution in [0.5, 0.6) is 5.75 Å². The van der Waals surface area contributed by atoms with Crippen molar-refractivity contribution < 1.29 is 14.6 Å². The molecule has 0 unspecified atom stereocenters. The Hall–Kier alpha value is -1.71. The van der Waals surface area contributed by atoms with Gasteiger partial charge < -0.3 is 15.2 Å². The van der Waals surface area contributed by atoms with Crippen LogP contribution in [0, 0.1) is 0 Å². The highest BCUT2D eigenvalue weighted by Crippen LogP contribution is 2.24. The monoisotopic (exact) mass is 237 g/mol.